The summed E-state index contributed by atoms with van der Waals surface area (Å²) in [6.45, 7) is 0.0957. The maximum atomic E-state index is 14.3. The highest BCUT2D eigenvalue weighted by Gasteiger charge is 2.84. The van der Waals surface area contributed by atoms with Crippen molar-refractivity contribution in [2.45, 2.75) is 31.1 Å². The van der Waals surface area contributed by atoms with Crippen LogP contribution in [0.2, 0.25) is 0 Å². The molecule has 9 rings (SSSR count). The van der Waals surface area contributed by atoms with Crippen LogP contribution < -0.4 is 21.7 Å². The van der Waals surface area contributed by atoms with E-state index >= 15 is 0 Å². The zero-order valence-electron chi connectivity index (χ0n) is 21.3. The van der Waals surface area contributed by atoms with E-state index in [1.54, 1.807) is 0 Å². The average molecular weight is 758 g/mol. The second kappa shape index (κ2) is 8.17. The highest BCUT2D eigenvalue weighted by molar-refractivity contribution is 6.53. The second-order valence-corrected chi connectivity index (χ2v) is 15.1. The molecule has 226 valence electrons. The highest BCUT2D eigenvalue weighted by atomic mass is 35.5. The average Bonchev–Trinajstić information content (AvgIpc) is 3.80. The van der Waals surface area contributed by atoms with Gasteiger partial charge >= 0.3 is 0 Å². The molecule has 2 fully saturated rings. The lowest BCUT2D eigenvalue weighted by atomic mass is 9.87. The number of hydrogen-bond donors (Lipinski definition) is 0. The minimum Gasteiger partial charge on any atom is -0.343 e. The molecule has 0 saturated carbocycles. The molecular weight excluding hydrogens is 748 g/mol. The van der Waals surface area contributed by atoms with Crippen LogP contribution in [0.4, 0.5) is 0 Å². The Hall–Kier alpha value is -0.980. The molecule has 2 aliphatic heterocycles. The van der Waals surface area contributed by atoms with E-state index in [0.29, 0.717) is 0 Å². The summed E-state index contributed by atoms with van der Waals surface area (Å²) in [5.41, 5.74) is -4.36. The van der Waals surface area contributed by atoms with E-state index in [1.807, 2.05) is 0 Å². The molecule has 4 bridgehead atoms. The monoisotopic (exact) mass is 754 g/mol. The van der Waals surface area contributed by atoms with Crippen molar-refractivity contribution in [1.29, 1.82) is 0 Å². The summed E-state index contributed by atoms with van der Waals surface area (Å²) in [6, 6.07) is 2.26. The molecule has 6 aliphatic rings. The minimum atomic E-state index is -2.08. The van der Waals surface area contributed by atoms with Gasteiger partial charge in [-0.05, 0) is 12.1 Å². The molecule has 2 heterocycles. The molecule has 4 aliphatic carbocycles. The van der Waals surface area contributed by atoms with Crippen LogP contribution in [0.15, 0.2) is 51.4 Å². The van der Waals surface area contributed by atoms with Crippen molar-refractivity contribution in [2.24, 2.45) is 0 Å². The molecule has 3 aromatic carbocycles. The molecule has 0 N–H and O–H groups in total. The fraction of sp³-hybridized carbons (Fsp3) is 0.357. The van der Waals surface area contributed by atoms with Gasteiger partial charge in [-0.1, -0.05) is 46.4 Å². The summed E-state index contributed by atoms with van der Waals surface area (Å²) < 4.78 is 23.5. The Morgan fingerprint density at radius 2 is 0.636 bits per heavy atom. The van der Waals surface area contributed by atoms with Gasteiger partial charge in [0.2, 0.25) is 11.6 Å². The van der Waals surface area contributed by atoms with E-state index in [9.17, 15) is 19.2 Å². The van der Waals surface area contributed by atoms with Gasteiger partial charge in [-0.25, -0.2) is 0 Å². The van der Waals surface area contributed by atoms with Crippen molar-refractivity contribution in [3.8, 4) is 0 Å². The third-order valence-corrected chi connectivity index (χ3v) is 14.7. The van der Waals surface area contributed by atoms with Gasteiger partial charge in [0, 0.05) is 43.8 Å². The first kappa shape index (κ1) is 29.2. The Morgan fingerprint density at radius 1 is 0.432 bits per heavy atom. The molecule has 2 spiro atoms. The zero-order chi connectivity index (χ0) is 31.3. The third-order valence-electron chi connectivity index (χ3n) is 9.72. The molecule has 3 aromatic rings. The van der Waals surface area contributed by atoms with Gasteiger partial charge in [0.05, 0.1) is 46.6 Å². The van der Waals surface area contributed by atoms with Gasteiger partial charge in [-0.3, -0.25) is 19.2 Å². The van der Waals surface area contributed by atoms with Gasteiger partial charge < -0.3 is 18.9 Å². The van der Waals surface area contributed by atoms with Crippen molar-refractivity contribution in [3.05, 3.63) is 95.4 Å². The van der Waals surface area contributed by atoms with E-state index < -0.39 is 52.8 Å². The Kier molecular flexibility index (Phi) is 5.42. The maximum absolute atomic E-state index is 14.3. The lowest BCUT2D eigenvalue weighted by Crippen LogP contribution is -2.52. The number of rotatable bonds is 0. The summed E-state index contributed by atoms with van der Waals surface area (Å²) in [5, 5.41) is -1.91. The van der Waals surface area contributed by atoms with Gasteiger partial charge in [0.15, 0.2) is 41.2 Å². The van der Waals surface area contributed by atoms with Crippen LogP contribution >= 0.6 is 92.8 Å². The van der Waals surface area contributed by atoms with Gasteiger partial charge in [0.1, 0.15) is 0 Å². The quantitative estimate of drug-likeness (QED) is 0.234. The van der Waals surface area contributed by atoms with Crippen LogP contribution in [0.25, 0.3) is 21.5 Å². The smallest absolute Gasteiger partial charge is 0.226 e. The highest BCUT2D eigenvalue weighted by Crippen LogP contribution is 2.76. The molecule has 0 radical (unpaired) electrons. The lowest BCUT2D eigenvalue weighted by molar-refractivity contribution is -0.182. The van der Waals surface area contributed by atoms with E-state index in [0.717, 1.165) is 12.1 Å². The number of halogens is 8. The summed E-state index contributed by atoms with van der Waals surface area (Å²) in [5.74, 6) is -4.01. The van der Waals surface area contributed by atoms with Crippen molar-refractivity contribution >= 4 is 114 Å². The van der Waals surface area contributed by atoms with Gasteiger partial charge in [0.25, 0.3) is 0 Å². The standard InChI is InChI=1S/C28H10Cl8O8/c29-19-20(30)24(34)12-11(23(19,33)27(24)41-1-2-42-27)15(37)7-5-9-10(6-8(7)16(12)38)18(40)14-13(17(9)39)25(35)21(31)22(32)26(14,36)28(25)43-3-4-44-28/h5-6H,1-4H2/t23-,24+,25+,26-. The van der Waals surface area contributed by atoms with E-state index in [1.165, 1.54) is 0 Å². The van der Waals surface area contributed by atoms with Crippen molar-refractivity contribution in [1.82, 2.24) is 0 Å². The Morgan fingerprint density at radius 3 is 0.841 bits per heavy atom. The topological polar surface area (TPSA) is 105 Å². The normalized spacial score (nSPS) is 35.5. The first-order chi connectivity index (χ1) is 20.6. The first-order valence-electron chi connectivity index (χ1n) is 13.0. The third kappa shape index (κ3) is 2.41. The predicted octanol–water partition coefficient (Wildman–Crippen LogP) is 4.96. The van der Waals surface area contributed by atoms with Crippen LogP contribution in [-0.2, 0) is 38.4 Å². The molecule has 4 atom stereocenters. The minimum absolute atomic E-state index is 0.0239. The molecule has 0 aromatic heterocycles. The number of benzene rings is 3. The summed E-state index contributed by atoms with van der Waals surface area (Å²) in [4.78, 5) is 48.8. The Bertz CT molecular complexity index is 2000. The van der Waals surface area contributed by atoms with E-state index in [2.05, 4.69) is 0 Å². The zero-order valence-corrected chi connectivity index (χ0v) is 27.3. The molecule has 0 amide bonds. The summed E-state index contributed by atoms with van der Waals surface area (Å²) >= 11 is 54.6. The number of ether oxygens (including phenoxy) is 4. The molecular formula is C28H10Cl8O8. The Labute approximate surface area is 284 Å². The number of fused-ring (bicyclic) bond motifs is 8. The lowest BCUT2D eigenvalue weighted by Gasteiger charge is -2.37. The van der Waals surface area contributed by atoms with Gasteiger partial charge in [-0.15, -0.1) is 46.4 Å². The maximum Gasteiger partial charge on any atom is 0.226 e. The van der Waals surface area contributed by atoms with Crippen molar-refractivity contribution in [2.75, 3.05) is 26.4 Å². The summed E-state index contributed by atoms with van der Waals surface area (Å²) in [7, 11) is 0. The molecule has 8 nitrogen and oxygen atoms in total. The van der Waals surface area contributed by atoms with Crippen LogP contribution in [-0.4, -0.2) is 38.0 Å². The van der Waals surface area contributed by atoms with E-state index in [-0.39, 0.29) is 90.4 Å². The van der Waals surface area contributed by atoms with Gasteiger partial charge in [-0.2, -0.15) is 0 Å². The number of alkyl halides is 4. The SMILES string of the molecule is O=c1c2c(c(=O)c3cc4c(=O)c5c(c(=O)c4cc13)[C@@]1(Cl)C(Cl)=C(Cl)[C@]5(Cl)C13OCCO3)[C@@]1(Cl)C(Cl)=C(Cl)[C@]2(Cl)C12OCCO2. The Balaban J connectivity index is 1.43. The van der Waals surface area contributed by atoms with Crippen LogP contribution in [0.3, 0.4) is 0 Å². The van der Waals surface area contributed by atoms with Crippen molar-refractivity contribution < 1.29 is 18.9 Å². The van der Waals surface area contributed by atoms with Crippen LogP contribution in [0, 0.1) is 0 Å². The fourth-order valence-corrected chi connectivity index (χ4v) is 11.9. The number of hydrogen-bond acceptors (Lipinski definition) is 8. The second-order valence-electron chi connectivity index (χ2n) is 11.3. The molecule has 16 heteroatoms. The predicted molar refractivity (Wildman–Crippen MR) is 166 cm³/mol. The molecule has 2 saturated heterocycles. The first-order valence-corrected chi connectivity index (χ1v) is 16.0. The fourth-order valence-electron chi connectivity index (χ4n) is 8.03. The molecule has 0 unspecified atom stereocenters. The van der Waals surface area contributed by atoms with E-state index in [4.69, 9.17) is 112 Å². The van der Waals surface area contributed by atoms with Crippen LogP contribution in [0.1, 0.15) is 22.3 Å². The summed E-state index contributed by atoms with van der Waals surface area (Å²) in [6.07, 6.45) is 0. The van der Waals surface area contributed by atoms with Crippen molar-refractivity contribution in [3.63, 3.8) is 0 Å². The largest absolute Gasteiger partial charge is 0.343 e. The van der Waals surface area contributed by atoms with Crippen LogP contribution in [0.5, 0.6) is 0 Å². The molecule has 44 heavy (non-hydrogen) atoms.